The van der Waals surface area contributed by atoms with Gasteiger partial charge >= 0.3 is 0 Å². The molecule has 1 aliphatic rings. The highest BCUT2D eigenvalue weighted by Crippen LogP contribution is 2.36. The lowest BCUT2D eigenvalue weighted by Gasteiger charge is -2.36. The highest BCUT2D eigenvalue weighted by molar-refractivity contribution is 9.10. The molecule has 2 rings (SSSR count). The van der Waals surface area contributed by atoms with Crippen molar-refractivity contribution in [2.45, 2.75) is 45.6 Å². The molecule has 20 heavy (non-hydrogen) atoms. The molecule has 0 aliphatic heterocycles. The predicted molar refractivity (Wildman–Crippen MR) is 81.4 cm³/mol. The normalized spacial score (nSPS) is 27.1. The Hall–Kier alpha value is -0.480. The van der Waals surface area contributed by atoms with Crippen LogP contribution in [0, 0.1) is 29.4 Å². The summed E-state index contributed by atoms with van der Waals surface area (Å²) in [6.45, 7) is 4.41. The summed E-state index contributed by atoms with van der Waals surface area (Å²) >= 11 is 3.12. The third-order valence-corrected chi connectivity index (χ3v) is 5.24. The molecule has 1 nitrogen and oxygen atoms in total. The van der Waals surface area contributed by atoms with Crippen LogP contribution in [0.15, 0.2) is 16.6 Å². The van der Waals surface area contributed by atoms with Crippen molar-refractivity contribution < 1.29 is 8.78 Å². The molecule has 4 heteroatoms. The molecule has 3 atom stereocenters. The summed E-state index contributed by atoms with van der Waals surface area (Å²) < 4.78 is 28.3. The number of nitrogens with two attached hydrogens (primary N) is 1. The average molecular weight is 346 g/mol. The maximum atomic E-state index is 14.1. The van der Waals surface area contributed by atoms with E-state index in [0.29, 0.717) is 22.7 Å². The zero-order valence-corrected chi connectivity index (χ0v) is 13.6. The molecule has 112 valence electrons. The lowest BCUT2D eigenvalue weighted by Crippen LogP contribution is -2.38. The van der Waals surface area contributed by atoms with Crippen LogP contribution in [-0.2, 0) is 6.42 Å². The minimum atomic E-state index is -0.483. The maximum absolute atomic E-state index is 14.1. The fourth-order valence-corrected chi connectivity index (χ4v) is 3.55. The Balaban J connectivity index is 2.18. The number of rotatable bonds is 3. The molecule has 1 aromatic carbocycles. The lowest BCUT2D eigenvalue weighted by atomic mass is 9.72. The topological polar surface area (TPSA) is 26.0 Å². The van der Waals surface area contributed by atoms with Crippen molar-refractivity contribution >= 4 is 15.9 Å². The molecule has 0 bridgehead atoms. The predicted octanol–water partition coefficient (Wildman–Crippen LogP) is 4.67. The first-order valence-corrected chi connectivity index (χ1v) is 8.07. The largest absolute Gasteiger partial charge is 0.327 e. The van der Waals surface area contributed by atoms with E-state index in [-0.39, 0.29) is 17.5 Å². The van der Waals surface area contributed by atoms with Crippen molar-refractivity contribution in [1.82, 2.24) is 0 Å². The molecule has 0 heterocycles. The smallest absolute Gasteiger partial charge is 0.143 e. The van der Waals surface area contributed by atoms with Gasteiger partial charge in [-0.1, -0.05) is 13.8 Å². The van der Waals surface area contributed by atoms with E-state index in [1.54, 1.807) is 0 Å². The Morgan fingerprint density at radius 3 is 2.65 bits per heavy atom. The van der Waals surface area contributed by atoms with E-state index in [1.165, 1.54) is 12.1 Å². The van der Waals surface area contributed by atoms with Gasteiger partial charge in [-0.25, -0.2) is 8.78 Å². The van der Waals surface area contributed by atoms with Gasteiger partial charge in [-0.15, -0.1) is 0 Å². The molecule has 1 saturated carbocycles. The molecule has 0 saturated heterocycles. The van der Waals surface area contributed by atoms with Crippen LogP contribution in [0.4, 0.5) is 8.78 Å². The van der Waals surface area contributed by atoms with Crippen molar-refractivity contribution in [3.63, 3.8) is 0 Å². The fourth-order valence-electron chi connectivity index (χ4n) is 3.18. The van der Waals surface area contributed by atoms with Crippen LogP contribution in [0.1, 0.15) is 38.7 Å². The lowest BCUT2D eigenvalue weighted by molar-refractivity contribution is 0.187. The van der Waals surface area contributed by atoms with Crippen molar-refractivity contribution in [3.8, 4) is 0 Å². The van der Waals surface area contributed by atoms with Gasteiger partial charge < -0.3 is 5.73 Å². The van der Waals surface area contributed by atoms with E-state index >= 15 is 0 Å². The van der Waals surface area contributed by atoms with Crippen molar-refractivity contribution in [1.29, 1.82) is 0 Å². The number of hydrogen-bond donors (Lipinski definition) is 1. The SMILES string of the molecule is CC(C)C1CCC(N)C(Cc2c(F)ccc(Br)c2F)C1. The molecule has 3 unspecified atom stereocenters. The zero-order valence-electron chi connectivity index (χ0n) is 12.0. The summed E-state index contributed by atoms with van der Waals surface area (Å²) in [4.78, 5) is 0. The number of benzene rings is 1. The zero-order chi connectivity index (χ0) is 14.9. The van der Waals surface area contributed by atoms with Crippen LogP contribution in [0.25, 0.3) is 0 Å². The molecule has 2 N–H and O–H groups in total. The third-order valence-electron chi connectivity index (χ3n) is 4.63. The standard InChI is InChI=1S/C16H22BrF2N/c1-9(2)10-3-6-15(20)11(7-10)8-12-14(18)5-4-13(17)16(12)19/h4-5,9-11,15H,3,6-8,20H2,1-2H3. The first-order valence-electron chi connectivity index (χ1n) is 7.28. The Morgan fingerprint density at radius 1 is 1.30 bits per heavy atom. The first-order chi connectivity index (χ1) is 9.40. The van der Waals surface area contributed by atoms with Gasteiger partial charge in [0.2, 0.25) is 0 Å². The van der Waals surface area contributed by atoms with Gasteiger partial charge in [-0.3, -0.25) is 0 Å². The summed E-state index contributed by atoms with van der Waals surface area (Å²) in [5.41, 5.74) is 6.34. The van der Waals surface area contributed by atoms with Crippen LogP contribution >= 0.6 is 15.9 Å². The van der Waals surface area contributed by atoms with Gasteiger partial charge in [0.25, 0.3) is 0 Å². The van der Waals surface area contributed by atoms with Gasteiger partial charge in [0.05, 0.1) is 4.47 Å². The van der Waals surface area contributed by atoms with Gasteiger partial charge in [-0.2, -0.15) is 0 Å². The van der Waals surface area contributed by atoms with Crippen LogP contribution in [0.3, 0.4) is 0 Å². The second kappa shape index (κ2) is 6.52. The molecular formula is C16H22BrF2N. The summed E-state index contributed by atoms with van der Waals surface area (Å²) in [7, 11) is 0. The molecule has 0 spiro atoms. The average Bonchev–Trinajstić information content (AvgIpc) is 2.41. The van der Waals surface area contributed by atoms with Crippen molar-refractivity contribution in [2.24, 2.45) is 23.5 Å². The van der Waals surface area contributed by atoms with Crippen LogP contribution in [0.5, 0.6) is 0 Å². The van der Waals surface area contributed by atoms with E-state index in [0.717, 1.165) is 19.3 Å². The van der Waals surface area contributed by atoms with Crippen molar-refractivity contribution in [2.75, 3.05) is 0 Å². The Kier molecular flexibility index (Phi) is 5.19. The monoisotopic (exact) mass is 345 g/mol. The molecule has 1 fully saturated rings. The first kappa shape index (κ1) is 15.9. The Bertz CT molecular complexity index is 476. The molecule has 0 aromatic heterocycles. The van der Waals surface area contributed by atoms with E-state index < -0.39 is 11.6 Å². The molecule has 1 aliphatic carbocycles. The van der Waals surface area contributed by atoms with Gasteiger partial charge in [0.1, 0.15) is 11.6 Å². The third kappa shape index (κ3) is 3.40. The molecule has 0 amide bonds. The summed E-state index contributed by atoms with van der Waals surface area (Å²) in [6, 6.07) is 2.77. The van der Waals surface area contributed by atoms with E-state index in [9.17, 15) is 8.78 Å². The van der Waals surface area contributed by atoms with E-state index in [4.69, 9.17) is 5.73 Å². The van der Waals surface area contributed by atoms with Crippen LogP contribution in [-0.4, -0.2) is 6.04 Å². The molecular weight excluding hydrogens is 324 g/mol. The van der Waals surface area contributed by atoms with Gasteiger partial charge in [0, 0.05) is 11.6 Å². The van der Waals surface area contributed by atoms with Gasteiger partial charge in [-0.05, 0) is 71.5 Å². The van der Waals surface area contributed by atoms with E-state index in [2.05, 4.69) is 29.8 Å². The Morgan fingerprint density at radius 2 is 2.00 bits per heavy atom. The van der Waals surface area contributed by atoms with Crippen molar-refractivity contribution in [3.05, 3.63) is 33.8 Å². The fraction of sp³-hybridized carbons (Fsp3) is 0.625. The second-order valence-electron chi connectivity index (χ2n) is 6.27. The highest BCUT2D eigenvalue weighted by atomic mass is 79.9. The minimum Gasteiger partial charge on any atom is -0.327 e. The Labute approximate surface area is 128 Å². The number of hydrogen-bond acceptors (Lipinski definition) is 1. The maximum Gasteiger partial charge on any atom is 0.143 e. The summed E-state index contributed by atoms with van der Waals surface area (Å²) in [6.07, 6.45) is 3.43. The quantitative estimate of drug-likeness (QED) is 0.791. The minimum absolute atomic E-state index is 0.0442. The highest BCUT2D eigenvalue weighted by Gasteiger charge is 2.31. The van der Waals surface area contributed by atoms with Gasteiger partial charge in [0.15, 0.2) is 0 Å². The second-order valence-corrected chi connectivity index (χ2v) is 7.12. The summed E-state index contributed by atoms with van der Waals surface area (Å²) in [5.74, 6) is 0.420. The summed E-state index contributed by atoms with van der Waals surface area (Å²) in [5, 5.41) is 0. The van der Waals surface area contributed by atoms with E-state index in [1.807, 2.05) is 0 Å². The molecule has 1 aromatic rings. The number of halogens is 3. The molecule has 0 radical (unpaired) electrons. The van der Waals surface area contributed by atoms with Crippen LogP contribution in [0.2, 0.25) is 0 Å². The van der Waals surface area contributed by atoms with Crippen LogP contribution < -0.4 is 5.73 Å².